The minimum atomic E-state index is -0.234. The molecule has 35 heavy (non-hydrogen) atoms. The van der Waals surface area contributed by atoms with Crippen molar-refractivity contribution in [3.05, 3.63) is 128 Å². The van der Waals surface area contributed by atoms with Gasteiger partial charge in [0.05, 0.1) is 16.4 Å². The van der Waals surface area contributed by atoms with Gasteiger partial charge in [0.2, 0.25) is 5.13 Å². The molecule has 172 valence electrons. The molecule has 1 amide bonds. The topological polar surface area (TPSA) is 45.6 Å². The Labute approximate surface area is 224 Å². The Morgan fingerprint density at radius 1 is 0.857 bits per heavy atom. The van der Waals surface area contributed by atoms with E-state index in [2.05, 4.69) is 54.1 Å². The molecule has 0 atom stereocenters. The van der Waals surface area contributed by atoms with Gasteiger partial charge in [-0.05, 0) is 65.6 Å². The maximum atomic E-state index is 13.6. The molecule has 0 aliphatic carbocycles. The largest absolute Gasteiger partial charge is 0.280 e. The molecule has 1 aromatic heterocycles. The minimum Gasteiger partial charge on any atom is -0.267 e. The second-order valence-electron chi connectivity index (χ2n) is 7.88. The summed E-state index contributed by atoms with van der Waals surface area (Å²) in [7, 11) is 0. The van der Waals surface area contributed by atoms with E-state index in [1.807, 2.05) is 84.9 Å². The van der Waals surface area contributed by atoms with Gasteiger partial charge in [-0.15, -0.1) is 0 Å². The van der Waals surface area contributed by atoms with E-state index in [0.717, 1.165) is 36.7 Å². The molecular weight excluding hydrogens is 586 g/mol. The number of anilines is 1. The molecule has 4 nitrogen and oxygen atoms in total. The van der Waals surface area contributed by atoms with Crippen molar-refractivity contribution in [1.82, 2.24) is 4.98 Å². The van der Waals surface area contributed by atoms with Crippen molar-refractivity contribution in [2.75, 3.05) is 5.01 Å². The van der Waals surface area contributed by atoms with Crippen molar-refractivity contribution in [1.29, 1.82) is 0 Å². The molecule has 7 heteroatoms. The summed E-state index contributed by atoms with van der Waals surface area (Å²) in [6.45, 7) is 0. The summed E-state index contributed by atoms with van der Waals surface area (Å²) in [5.41, 5.74) is 4.63. The summed E-state index contributed by atoms with van der Waals surface area (Å²) < 4.78 is 2.92. The Morgan fingerprint density at radius 2 is 1.54 bits per heavy atom. The molecule has 0 bridgehead atoms. The normalized spacial score (nSPS) is 11.3. The first-order chi connectivity index (χ1) is 17.0. The van der Waals surface area contributed by atoms with Crippen LogP contribution in [0.4, 0.5) is 5.13 Å². The molecule has 0 radical (unpaired) electrons. The SMILES string of the molecule is O=C(c1ccc(Cc2ccccc2)cc1)N(/N=C/c1ccc(Br)cc1)c1nc2ccc(Br)cc2s1. The van der Waals surface area contributed by atoms with Crippen LogP contribution in [0, 0.1) is 0 Å². The number of benzene rings is 4. The Balaban J connectivity index is 1.46. The molecule has 0 saturated heterocycles. The summed E-state index contributed by atoms with van der Waals surface area (Å²) in [5.74, 6) is -0.234. The van der Waals surface area contributed by atoms with Gasteiger partial charge in [-0.3, -0.25) is 4.79 Å². The second kappa shape index (κ2) is 10.6. The third kappa shape index (κ3) is 5.75. The number of hydrogen-bond acceptors (Lipinski definition) is 4. The monoisotopic (exact) mass is 603 g/mol. The van der Waals surface area contributed by atoms with Crippen LogP contribution in [0.2, 0.25) is 0 Å². The fraction of sp³-hybridized carbons (Fsp3) is 0.0357. The van der Waals surface area contributed by atoms with Crippen molar-refractivity contribution >= 4 is 70.7 Å². The first-order valence-corrected chi connectivity index (χ1v) is 13.3. The van der Waals surface area contributed by atoms with Crippen LogP contribution in [0.25, 0.3) is 10.2 Å². The molecule has 0 fully saturated rings. The van der Waals surface area contributed by atoms with Gasteiger partial charge >= 0.3 is 0 Å². The van der Waals surface area contributed by atoms with Crippen LogP contribution in [-0.4, -0.2) is 17.1 Å². The molecule has 1 heterocycles. The molecule has 0 unspecified atom stereocenters. The first kappa shape index (κ1) is 23.6. The molecule has 0 N–H and O–H groups in total. The van der Waals surface area contributed by atoms with Gasteiger partial charge in [0.1, 0.15) is 0 Å². The van der Waals surface area contributed by atoms with Gasteiger partial charge in [0.25, 0.3) is 5.91 Å². The zero-order chi connectivity index (χ0) is 24.2. The Kier molecular flexibility index (Phi) is 7.18. The highest BCUT2D eigenvalue weighted by atomic mass is 79.9. The molecule has 4 aromatic carbocycles. The second-order valence-corrected chi connectivity index (χ2v) is 10.7. The molecule has 0 spiro atoms. The highest BCUT2D eigenvalue weighted by Crippen LogP contribution is 2.32. The van der Waals surface area contributed by atoms with Crippen molar-refractivity contribution in [3.63, 3.8) is 0 Å². The van der Waals surface area contributed by atoms with E-state index in [4.69, 9.17) is 0 Å². The van der Waals surface area contributed by atoms with Crippen molar-refractivity contribution < 1.29 is 4.79 Å². The number of fused-ring (bicyclic) bond motifs is 1. The molecule has 5 rings (SSSR count). The van der Waals surface area contributed by atoms with Gasteiger partial charge in [0.15, 0.2) is 0 Å². The maximum Gasteiger partial charge on any atom is 0.280 e. The highest BCUT2D eigenvalue weighted by molar-refractivity contribution is 9.10. The van der Waals surface area contributed by atoms with E-state index in [1.54, 1.807) is 6.21 Å². The number of hydrogen-bond donors (Lipinski definition) is 0. The van der Waals surface area contributed by atoms with Gasteiger partial charge in [-0.25, -0.2) is 4.98 Å². The number of thiazole rings is 1. The summed E-state index contributed by atoms with van der Waals surface area (Å²) >= 11 is 8.38. The minimum absolute atomic E-state index is 0.234. The summed E-state index contributed by atoms with van der Waals surface area (Å²) in [6, 6.07) is 31.6. The number of rotatable bonds is 6. The third-order valence-electron chi connectivity index (χ3n) is 5.36. The lowest BCUT2D eigenvalue weighted by Gasteiger charge is -2.14. The zero-order valence-electron chi connectivity index (χ0n) is 18.4. The molecule has 5 aromatic rings. The number of halogens is 2. The lowest BCUT2D eigenvalue weighted by Crippen LogP contribution is -2.25. The van der Waals surface area contributed by atoms with Crippen molar-refractivity contribution in [2.45, 2.75) is 6.42 Å². The van der Waals surface area contributed by atoms with Gasteiger partial charge < -0.3 is 0 Å². The standard InChI is InChI=1S/C28H19Br2N3OS/c29-23-12-8-21(9-13-23)18-31-33(28-32-25-15-14-24(30)17-26(25)35-28)27(34)22-10-6-20(7-11-22)16-19-4-2-1-3-5-19/h1-15,17-18H,16H2/b31-18+. The lowest BCUT2D eigenvalue weighted by molar-refractivity contribution is 0.0988. The number of carbonyl (C=O) groups excluding carboxylic acids is 1. The van der Waals surface area contributed by atoms with Gasteiger partial charge in [-0.2, -0.15) is 10.1 Å². The smallest absolute Gasteiger partial charge is 0.267 e. The number of nitrogens with zero attached hydrogens (tertiary/aromatic N) is 3. The maximum absolute atomic E-state index is 13.6. The van der Waals surface area contributed by atoms with Crippen LogP contribution in [0.5, 0.6) is 0 Å². The van der Waals surface area contributed by atoms with Crippen LogP contribution in [0.1, 0.15) is 27.0 Å². The van der Waals surface area contributed by atoms with Crippen LogP contribution in [0.15, 0.2) is 111 Å². The number of carbonyl (C=O) groups is 1. The highest BCUT2D eigenvalue weighted by Gasteiger charge is 2.21. The molecule has 0 aliphatic rings. The number of amides is 1. The van der Waals surface area contributed by atoms with Gasteiger partial charge in [0, 0.05) is 14.5 Å². The van der Waals surface area contributed by atoms with E-state index in [1.165, 1.54) is 21.9 Å². The van der Waals surface area contributed by atoms with Crippen LogP contribution < -0.4 is 5.01 Å². The molecule has 0 saturated carbocycles. The Bertz CT molecular complexity index is 1500. The average Bonchev–Trinajstić information content (AvgIpc) is 3.29. The van der Waals surface area contributed by atoms with Crippen LogP contribution >= 0.6 is 43.2 Å². The average molecular weight is 605 g/mol. The zero-order valence-corrected chi connectivity index (χ0v) is 22.4. The van der Waals surface area contributed by atoms with Gasteiger partial charge in [-0.1, -0.05) is 97.8 Å². The third-order valence-corrected chi connectivity index (χ3v) is 7.37. The van der Waals surface area contributed by atoms with Crippen LogP contribution in [-0.2, 0) is 6.42 Å². The molecule has 0 aliphatic heterocycles. The van der Waals surface area contributed by atoms with Crippen LogP contribution in [0.3, 0.4) is 0 Å². The van der Waals surface area contributed by atoms with E-state index >= 15 is 0 Å². The fourth-order valence-electron chi connectivity index (χ4n) is 3.56. The summed E-state index contributed by atoms with van der Waals surface area (Å²) in [6.07, 6.45) is 2.49. The number of aromatic nitrogens is 1. The Hall–Kier alpha value is -3.13. The van der Waals surface area contributed by atoms with E-state index in [-0.39, 0.29) is 5.91 Å². The quantitative estimate of drug-likeness (QED) is 0.145. The summed E-state index contributed by atoms with van der Waals surface area (Å²) in [5, 5.41) is 6.46. The van der Waals surface area contributed by atoms with E-state index < -0.39 is 0 Å². The van der Waals surface area contributed by atoms with Crippen molar-refractivity contribution in [2.24, 2.45) is 5.10 Å². The Morgan fingerprint density at radius 3 is 2.29 bits per heavy atom. The predicted molar refractivity (Wildman–Crippen MR) is 152 cm³/mol. The fourth-order valence-corrected chi connectivity index (χ4v) is 5.30. The number of hydrazone groups is 1. The van der Waals surface area contributed by atoms with Crippen molar-refractivity contribution in [3.8, 4) is 0 Å². The lowest BCUT2D eigenvalue weighted by atomic mass is 10.0. The van der Waals surface area contributed by atoms with E-state index in [0.29, 0.717) is 10.7 Å². The predicted octanol–water partition coefficient (Wildman–Crippen LogP) is 8.09. The summed E-state index contributed by atoms with van der Waals surface area (Å²) in [4.78, 5) is 18.3. The molecular formula is C28H19Br2N3OS. The first-order valence-electron chi connectivity index (χ1n) is 10.9. The van der Waals surface area contributed by atoms with E-state index in [9.17, 15) is 4.79 Å².